The first-order valence-corrected chi connectivity index (χ1v) is 24.1. The lowest BCUT2D eigenvalue weighted by molar-refractivity contribution is -0.144. The summed E-state index contributed by atoms with van der Waals surface area (Å²) < 4.78 is 11.1. The number of nitrogens with zero attached hydrogens (tertiary/aromatic N) is 3. The highest BCUT2D eigenvalue weighted by atomic mass is 16.5. The molecule has 0 spiro atoms. The summed E-state index contributed by atoms with van der Waals surface area (Å²) in [6.07, 6.45) is 22.7. The van der Waals surface area contributed by atoms with Crippen LogP contribution in [0.1, 0.15) is 146 Å². The quantitative estimate of drug-likeness (QED) is 0.0928. The van der Waals surface area contributed by atoms with E-state index in [0.717, 1.165) is 99.1 Å². The summed E-state index contributed by atoms with van der Waals surface area (Å²) in [4.78, 5) is 42.4. The third-order valence-corrected chi connectivity index (χ3v) is 14.3. The van der Waals surface area contributed by atoms with Gasteiger partial charge in [-0.25, -0.2) is 15.0 Å². The Morgan fingerprint density at radius 2 is 1.53 bits per heavy atom. The number of fused-ring (bicyclic) bond motifs is 5. The van der Waals surface area contributed by atoms with E-state index in [4.69, 9.17) is 24.5 Å². The van der Waals surface area contributed by atoms with Crippen LogP contribution in [0.4, 0.5) is 0 Å². The van der Waals surface area contributed by atoms with Crippen molar-refractivity contribution >= 4 is 29.1 Å². The Hall–Kier alpha value is -5.05. The molecule has 0 saturated carbocycles. The molecule has 1 unspecified atom stereocenters. The van der Waals surface area contributed by atoms with Gasteiger partial charge in [0, 0.05) is 46.4 Å². The Bertz CT molecular complexity index is 2300. The number of allylic oxidation sites excluding steroid dienone is 12. The number of carbonyl (C=O) groups excluding carboxylic acids is 2. The maximum Gasteiger partial charge on any atom is 0.321 e. The summed E-state index contributed by atoms with van der Waals surface area (Å²) >= 11 is 0. The van der Waals surface area contributed by atoms with Crippen LogP contribution in [0.15, 0.2) is 131 Å². The standard InChI is InChI=1S/C55H74N4O5/c1-13-39-35(8)42-28-44-37(10)41(24-25-48(60)64-27-26-34(7)23-17-22-33(6)21-16-20-32(5)19-15-18-31(3)4)52(58-44)50-51(55(62)63-12)54(61)49-38(11)45(59-53(49)50)30-47-40(14-2)36(9)43(57-47)29-46(39)56-42/h13,26,28-33,37,41,51,58,61H,1,14-25,27H2,2-12H3/b34-26+,44-28?,46-29?,47-30?,52-50?/t32-,33+,37+,41+,51?/m1/s1. The minimum absolute atomic E-state index is 0.0838. The van der Waals surface area contributed by atoms with Crippen molar-refractivity contribution in [1.29, 1.82) is 0 Å². The fourth-order valence-electron chi connectivity index (χ4n) is 10.2. The lowest BCUT2D eigenvalue weighted by Gasteiger charge is -2.20. The minimum atomic E-state index is -1.08. The Morgan fingerprint density at radius 3 is 2.19 bits per heavy atom. The van der Waals surface area contributed by atoms with E-state index in [1.807, 2.05) is 38.2 Å². The molecule has 0 aromatic carbocycles. The Kier molecular flexibility index (Phi) is 16.1. The summed E-state index contributed by atoms with van der Waals surface area (Å²) in [6, 6.07) is 0. The van der Waals surface area contributed by atoms with E-state index in [0.29, 0.717) is 29.0 Å². The Morgan fingerprint density at radius 1 is 0.875 bits per heavy atom. The molecule has 64 heavy (non-hydrogen) atoms. The zero-order chi connectivity index (χ0) is 46.4. The topological polar surface area (TPSA) is 122 Å². The van der Waals surface area contributed by atoms with Gasteiger partial charge >= 0.3 is 11.9 Å². The zero-order valence-corrected chi connectivity index (χ0v) is 40.7. The van der Waals surface area contributed by atoms with Crippen LogP contribution in [0.5, 0.6) is 0 Å². The molecule has 5 heterocycles. The number of esters is 2. The number of aliphatic hydroxyl groups excluding tert-OH is 1. The number of rotatable bonds is 20. The van der Waals surface area contributed by atoms with Gasteiger partial charge in [-0.2, -0.15) is 0 Å². The van der Waals surface area contributed by atoms with Crippen molar-refractivity contribution in [3.05, 3.63) is 116 Å². The van der Waals surface area contributed by atoms with Gasteiger partial charge in [0.1, 0.15) is 18.3 Å². The van der Waals surface area contributed by atoms with E-state index in [1.165, 1.54) is 57.6 Å². The molecule has 9 heteroatoms. The molecule has 0 radical (unpaired) electrons. The third kappa shape index (κ3) is 10.6. The number of hydrogen-bond donors (Lipinski definition) is 2. The van der Waals surface area contributed by atoms with Gasteiger partial charge in [0.25, 0.3) is 0 Å². The molecule has 6 aliphatic rings. The Balaban J connectivity index is 1.20. The SMILES string of the molecule is C=CC1=C(C)C2=NC1=CC1=NC(=CC3=C(C)C4=C(O)C(C(=O)OC)C(=C5NC(=C2)[C@@H](C)[C@@H]5CCC(=O)OC/C=C(\C)CCC[C@@H](C)CCC[C@H](C)CCCC(C)C)C4=N3)C(CC)=C1C. The second-order valence-corrected chi connectivity index (χ2v) is 19.5. The van der Waals surface area contributed by atoms with E-state index < -0.39 is 11.9 Å². The number of ether oxygens (including phenoxy) is 2. The lowest BCUT2D eigenvalue weighted by atomic mass is 9.84. The van der Waals surface area contributed by atoms with E-state index in [9.17, 15) is 14.7 Å². The van der Waals surface area contributed by atoms with Crippen molar-refractivity contribution in [2.75, 3.05) is 13.7 Å². The van der Waals surface area contributed by atoms with Gasteiger partial charge in [0.2, 0.25) is 0 Å². The van der Waals surface area contributed by atoms with Gasteiger partial charge in [-0.05, 0) is 118 Å². The van der Waals surface area contributed by atoms with Crippen LogP contribution >= 0.6 is 0 Å². The smallest absolute Gasteiger partial charge is 0.321 e. The molecule has 8 bridgehead atoms. The van der Waals surface area contributed by atoms with Crippen LogP contribution in [0.25, 0.3) is 0 Å². The molecule has 1 fully saturated rings. The van der Waals surface area contributed by atoms with Crippen LogP contribution < -0.4 is 5.32 Å². The van der Waals surface area contributed by atoms with E-state index >= 15 is 0 Å². The van der Waals surface area contributed by atoms with Crippen LogP contribution in [-0.4, -0.2) is 47.9 Å². The Labute approximate surface area is 383 Å². The fourth-order valence-corrected chi connectivity index (χ4v) is 10.2. The molecule has 0 aromatic heterocycles. The molecule has 5 aliphatic heterocycles. The highest BCUT2D eigenvalue weighted by molar-refractivity contribution is 6.24. The van der Waals surface area contributed by atoms with Crippen LogP contribution in [0.3, 0.4) is 0 Å². The minimum Gasteiger partial charge on any atom is -0.510 e. The highest BCUT2D eigenvalue weighted by Gasteiger charge is 2.49. The summed E-state index contributed by atoms with van der Waals surface area (Å²) in [5, 5.41) is 15.6. The number of aliphatic hydroxyl groups is 1. The van der Waals surface area contributed by atoms with Crippen molar-refractivity contribution in [3.63, 3.8) is 0 Å². The molecular formula is C55H74N4O5. The molecular weight excluding hydrogens is 797 g/mol. The molecule has 0 aromatic rings. The average molecular weight is 871 g/mol. The highest BCUT2D eigenvalue weighted by Crippen LogP contribution is 2.49. The van der Waals surface area contributed by atoms with Crippen LogP contribution in [0, 0.1) is 35.5 Å². The number of aliphatic imine (C=N–C) groups is 3. The summed E-state index contributed by atoms with van der Waals surface area (Å²) in [7, 11) is 1.33. The van der Waals surface area contributed by atoms with Crippen molar-refractivity contribution in [1.82, 2.24) is 5.32 Å². The van der Waals surface area contributed by atoms with Gasteiger partial charge in [-0.15, -0.1) is 0 Å². The van der Waals surface area contributed by atoms with Gasteiger partial charge in [-0.1, -0.05) is 105 Å². The van der Waals surface area contributed by atoms with Gasteiger partial charge in [0.15, 0.2) is 0 Å². The molecule has 9 nitrogen and oxygen atoms in total. The maximum absolute atomic E-state index is 13.6. The molecule has 1 saturated heterocycles. The van der Waals surface area contributed by atoms with Gasteiger partial charge in [-0.3, -0.25) is 9.59 Å². The van der Waals surface area contributed by atoms with Crippen molar-refractivity contribution in [3.8, 4) is 0 Å². The largest absolute Gasteiger partial charge is 0.510 e. The predicted molar refractivity (Wildman–Crippen MR) is 262 cm³/mol. The maximum atomic E-state index is 13.6. The van der Waals surface area contributed by atoms with Crippen molar-refractivity contribution < 1.29 is 24.2 Å². The molecule has 5 atom stereocenters. The molecule has 0 amide bonds. The zero-order valence-electron chi connectivity index (χ0n) is 40.7. The molecule has 2 N–H and O–H groups in total. The van der Waals surface area contributed by atoms with Crippen molar-refractivity contribution in [2.45, 2.75) is 146 Å². The fraction of sp³-hybridized carbons (Fsp3) is 0.545. The third-order valence-electron chi connectivity index (χ3n) is 14.3. The van der Waals surface area contributed by atoms with Gasteiger partial charge in [0.05, 0.1) is 41.3 Å². The molecule has 6 rings (SSSR count). The van der Waals surface area contributed by atoms with E-state index in [1.54, 1.807) is 0 Å². The number of hydrogen-bond acceptors (Lipinski definition) is 9. The number of methoxy groups -OCH3 is 1. The van der Waals surface area contributed by atoms with Crippen LogP contribution in [-0.2, 0) is 19.1 Å². The molecule has 1 aliphatic carbocycles. The van der Waals surface area contributed by atoms with Gasteiger partial charge < -0.3 is 19.9 Å². The summed E-state index contributed by atoms with van der Waals surface area (Å²) in [5.74, 6) is -0.0182. The van der Waals surface area contributed by atoms with E-state index in [-0.39, 0.29) is 36.6 Å². The first-order valence-electron chi connectivity index (χ1n) is 24.1. The molecule has 344 valence electrons. The second kappa shape index (κ2) is 21.3. The predicted octanol–water partition coefficient (Wildman–Crippen LogP) is 13.0. The number of nitrogens with one attached hydrogen (secondary N) is 1. The van der Waals surface area contributed by atoms with Crippen molar-refractivity contribution in [2.24, 2.45) is 50.5 Å². The first-order chi connectivity index (χ1) is 30.6. The van der Waals surface area contributed by atoms with Crippen LogP contribution in [0.2, 0.25) is 0 Å². The lowest BCUT2D eigenvalue weighted by Crippen LogP contribution is -2.25. The van der Waals surface area contributed by atoms with E-state index in [2.05, 4.69) is 73.4 Å². The normalized spacial score (nSPS) is 22.8. The summed E-state index contributed by atoms with van der Waals surface area (Å²) in [5.41, 5.74) is 13.3. The second-order valence-electron chi connectivity index (χ2n) is 19.5. The number of carbonyl (C=O) groups is 2. The summed E-state index contributed by atoms with van der Waals surface area (Å²) in [6.45, 7) is 26.2. The average Bonchev–Trinajstić information content (AvgIpc) is 3.99. The monoisotopic (exact) mass is 871 g/mol. The first kappa shape index (κ1) is 48.4.